The fraction of sp³-hybridized carbons (Fsp3) is 0.179. The van der Waals surface area contributed by atoms with Crippen molar-refractivity contribution in [3.63, 3.8) is 0 Å². The third-order valence-corrected chi connectivity index (χ3v) is 5.70. The summed E-state index contributed by atoms with van der Waals surface area (Å²) in [5.41, 5.74) is 2.65. The number of hydrogen-bond donors (Lipinski definition) is 1. The Labute approximate surface area is 209 Å². The van der Waals surface area contributed by atoms with Crippen LogP contribution in [-0.2, 0) is 12.1 Å². The van der Waals surface area contributed by atoms with Gasteiger partial charge < -0.3 is 10.1 Å². The molecule has 35 heavy (non-hydrogen) atoms. The maximum absolute atomic E-state index is 13.0. The molecule has 0 aliphatic carbocycles. The molecule has 0 aliphatic heterocycles. The zero-order chi connectivity index (χ0) is 25.0. The molecule has 0 fully saturated rings. The number of halogens is 1. The van der Waals surface area contributed by atoms with Crippen LogP contribution in [0.25, 0.3) is 0 Å². The number of anilines is 1. The molecule has 0 aliphatic rings. The van der Waals surface area contributed by atoms with E-state index in [-0.39, 0.29) is 23.6 Å². The number of aromatic nitrogens is 2. The van der Waals surface area contributed by atoms with Gasteiger partial charge in [-0.05, 0) is 47.4 Å². The monoisotopic (exact) mass is 487 g/mol. The van der Waals surface area contributed by atoms with Gasteiger partial charge in [0.05, 0.1) is 5.69 Å². The van der Waals surface area contributed by atoms with Crippen LogP contribution in [0.4, 0.5) is 5.69 Å². The molecule has 3 aromatic carbocycles. The summed E-state index contributed by atoms with van der Waals surface area (Å²) in [6, 6.07) is 23.1. The highest BCUT2D eigenvalue weighted by molar-refractivity contribution is 6.31. The SMILES string of the molecule is CC(C)(C)c1ccc(OCn2ccc(C(=O)Nc3ccc(Cl)cc3C(=O)c3ccccc3)n2)cc1. The minimum Gasteiger partial charge on any atom is -0.471 e. The van der Waals surface area contributed by atoms with Gasteiger partial charge in [-0.25, -0.2) is 4.68 Å². The van der Waals surface area contributed by atoms with Crippen LogP contribution in [0.15, 0.2) is 85.1 Å². The first-order valence-electron chi connectivity index (χ1n) is 11.2. The van der Waals surface area contributed by atoms with Crippen LogP contribution >= 0.6 is 11.6 Å². The number of ketones is 1. The quantitative estimate of drug-likeness (QED) is 0.308. The molecule has 178 valence electrons. The molecule has 6 nitrogen and oxygen atoms in total. The number of rotatable bonds is 7. The van der Waals surface area contributed by atoms with Crippen molar-refractivity contribution in [2.45, 2.75) is 32.9 Å². The number of nitrogens with zero attached hydrogens (tertiary/aromatic N) is 2. The van der Waals surface area contributed by atoms with Crippen molar-refractivity contribution in [3.05, 3.63) is 112 Å². The van der Waals surface area contributed by atoms with E-state index in [9.17, 15) is 9.59 Å². The summed E-state index contributed by atoms with van der Waals surface area (Å²) >= 11 is 6.13. The van der Waals surface area contributed by atoms with Gasteiger partial charge in [-0.1, -0.05) is 74.8 Å². The Morgan fingerprint density at radius 3 is 2.37 bits per heavy atom. The highest BCUT2D eigenvalue weighted by atomic mass is 35.5. The molecule has 0 radical (unpaired) electrons. The van der Waals surface area contributed by atoms with Crippen molar-refractivity contribution < 1.29 is 14.3 Å². The average molecular weight is 488 g/mol. The number of benzene rings is 3. The van der Waals surface area contributed by atoms with Crippen LogP contribution in [0.5, 0.6) is 5.75 Å². The zero-order valence-corrected chi connectivity index (χ0v) is 20.5. The van der Waals surface area contributed by atoms with E-state index in [0.717, 1.165) is 0 Å². The Kier molecular flexibility index (Phi) is 7.03. The van der Waals surface area contributed by atoms with Crippen molar-refractivity contribution in [1.29, 1.82) is 0 Å². The first-order chi connectivity index (χ1) is 16.7. The molecule has 0 spiro atoms. The van der Waals surface area contributed by atoms with Crippen LogP contribution in [-0.4, -0.2) is 21.5 Å². The maximum Gasteiger partial charge on any atom is 0.276 e. The molecule has 0 unspecified atom stereocenters. The summed E-state index contributed by atoms with van der Waals surface area (Å²) < 4.78 is 7.33. The van der Waals surface area contributed by atoms with Gasteiger partial charge in [-0.2, -0.15) is 5.10 Å². The first-order valence-corrected chi connectivity index (χ1v) is 11.6. The van der Waals surface area contributed by atoms with E-state index < -0.39 is 5.91 Å². The second kappa shape index (κ2) is 10.2. The molecule has 0 bridgehead atoms. The van der Waals surface area contributed by atoms with E-state index in [1.54, 1.807) is 54.7 Å². The summed E-state index contributed by atoms with van der Waals surface area (Å²) in [5.74, 6) is 0.0345. The molecule has 0 saturated carbocycles. The van der Waals surface area contributed by atoms with E-state index in [4.69, 9.17) is 16.3 Å². The van der Waals surface area contributed by atoms with Gasteiger partial charge >= 0.3 is 0 Å². The topological polar surface area (TPSA) is 73.2 Å². The van der Waals surface area contributed by atoms with Crippen molar-refractivity contribution in [3.8, 4) is 5.75 Å². The number of hydrogen-bond acceptors (Lipinski definition) is 4. The van der Waals surface area contributed by atoms with Crippen LogP contribution in [0.1, 0.15) is 52.7 Å². The highest BCUT2D eigenvalue weighted by Gasteiger charge is 2.18. The van der Waals surface area contributed by atoms with Crippen LogP contribution < -0.4 is 10.1 Å². The van der Waals surface area contributed by atoms with Crippen molar-refractivity contribution in [2.75, 3.05) is 5.32 Å². The summed E-state index contributed by atoms with van der Waals surface area (Å²) in [7, 11) is 0. The largest absolute Gasteiger partial charge is 0.471 e. The zero-order valence-electron chi connectivity index (χ0n) is 19.8. The predicted octanol–water partition coefficient (Wildman–Crippen LogP) is 6.35. The van der Waals surface area contributed by atoms with Crippen LogP contribution in [0, 0.1) is 0 Å². The number of carbonyl (C=O) groups is 2. The van der Waals surface area contributed by atoms with Gasteiger partial charge in [0.1, 0.15) is 5.75 Å². The average Bonchev–Trinajstić information content (AvgIpc) is 3.33. The first kappa shape index (κ1) is 24.2. The molecule has 4 aromatic rings. The predicted molar refractivity (Wildman–Crippen MR) is 137 cm³/mol. The van der Waals surface area contributed by atoms with Gasteiger partial charge in [-0.15, -0.1) is 0 Å². The van der Waals surface area contributed by atoms with E-state index >= 15 is 0 Å². The number of nitrogens with one attached hydrogen (secondary N) is 1. The lowest BCUT2D eigenvalue weighted by Gasteiger charge is -2.19. The minimum absolute atomic E-state index is 0.0679. The molecule has 4 rings (SSSR count). The molecule has 7 heteroatoms. The van der Waals surface area contributed by atoms with Gasteiger partial charge in [0.15, 0.2) is 18.2 Å². The second-order valence-corrected chi connectivity index (χ2v) is 9.56. The molecule has 0 saturated heterocycles. The fourth-order valence-electron chi connectivity index (χ4n) is 3.49. The van der Waals surface area contributed by atoms with Gasteiger partial charge in [0.25, 0.3) is 5.91 Å². The summed E-state index contributed by atoms with van der Waals surface area (Å²) in [4.78, 5) is 25.8. The van der Waals surface area contributed by atoms with Crippen LogP contribution in [0.3, 0.4) is 0 Å². The lowest BCUT2D eigenvalue weighted by atomic mass is 9.87. The Morgan fingerprint density at radius 2 is 1.69 bits per heavy atom. The van der Waals surface area contributed by atoms with E-state index in [2.05, 4.69) is 31.2 Å². The van der Waals surface area contributed by atoms with E-state index in [1.807, 2.05) is 30.3 Å². The number of ether oxygens (including phenoxy) is 1. The third kappa shape index (κ3) is 5.97. The van der Waals surface area contributed by atoms with Gasteiger partial charge in [0, 0.05) is 22.3 Å². The molecule has 1 amide bonds. The van der Waals surface area contributed by atoms with Crippen molar-refractivity contribution in [2.24, 2.45) is 0 Å². The summed E-state index contributed by atoms with van der Waals surface area (Å²) in [5, 5.41) is 7.48. The fourth-order valence-corrected chi connectivity index (χ4v) is 3.66. The lowest BCUT2D eigenvalue weighted by Crippen LogP contribution is -2.17. The van der Waals surface area contributed by atoms with E-state index in [0.29, 0.717) is 27.6 Å². The molecule has 1 aromatic heterocycles. The molecule has 0 atom stereocenters. The van der Waals surface area contributed by atoms with Gasteiger partial charge in [-0.3, -0.25) is 9.59 Å². The Balaban J connectivity index is 1.44. The Morgan fingerprint density at radius 1 is 0.971 bits per heavy atom. The number of carbonyl (C=O) groups excluding carboxylic acids is 2. The lowest BCUT2D eigenvalue weighted by molar-refractivity contribution is 0.102. The van der Waals surface area contributed by atoms with Crippen LogP contribution in [0.2, 0.25) is 5.02 Å². The molecular formula is C28H26ClN3O3. The summed E-state index contributed by atoms with van der Waals surface area (Å²) in [6.07, 6.45) is 1.66. The molecule has 1 N–H and O–H groups in total. The normalized spacial score (nSPS) is 11.2. The molecule has 1 heterocycles. The Hall–Kier alpha value is -3.90. The summed E-state index contributed by atoms with van der Waals surface area (Å²) in [6.45, 7) is 6.62. The highest BCUT2D eigenvalue weighted by Crippen LogP contribution is 2.25. The van der Waals surface area contributed by atoms with Crippen molar-refractivity contribution >= 4 is 29.0 Å². The smallest absolute Gasteiger partial charge is 0.276 e. The molecular weight excluding hydrogens is 462 g/mol. The standard InChI is InChI=1S/C28H26ClN3O3/c1-28(2,3)20-9-12-22(13-10-20)35-18-32-16-15-25(31-32)27(34)30-24-14-11-21(29)17-23(24)26(33)19-7-5-4-6-8-19/h4-17H,18H2,1-3H3,(H,30,34). The third-order valence-electron chi connectivity index (χ3n) is 5.47. The second-order valence-electron chi connectivity index (χ2n) is 9.13. The Bertz CT molecular complexity index is 1340. The van der Waals surface area contributed by atoms with Crippen molar-refractivity contribution in [1.82, 2.24) is 9.78 Å². The minimum atomic E-state index is -0.442. The maximum atomic E-state index is 13.0. The number of amides is 1. The van der Waals surface area contributed by atoms with Gasteiger partial charge in [0.2, 0.25) is 0 Å². The van der Waals surface area contributed by atoms with E-state index in [1.165, 1.54) is 10.2 Å².